The van der Waals surface area contributed by atoms with E-state index >= 15 is 0 Å². The Bertz CT molecular complexity index is 300. The molecule has 0 atom stereocenters. The SMILES string of the molecule is COCCC1(CNC(=O)C2(CN)CCCC2)CC1.Cl. The molecule has 0 spiro atoms. The van der Waals surface area contributed by atoms with Gasteiger partial charge in [-0.2, -0.15) is 0 Å². The van der Waals surface area contributed by atoms with E-state index in [1.54, 1.807) is 7.11 Å². The number of nitrogens with one attached hydrogen (secondary N) is 1. The number of amides is 1. The lowest BCUT2D eigenvalue weighted by molar-refractivity contribution is -0.130. The molecule has 2 saturated carbocycles. The van der Waals surface area contributed by atoms with Crippen molar-refractivity contribution in [3.05, 3.63) is 0 Å². The fourth-order valence-electron chi connectivity index (χ4n) is 3.04. The molecule has 2 aliphatic rings. The summed E-state index contributed by atoms with van der Waals surface area (Å²) < 4.78 is 5.13. The molecule has 112 valence electrons. The molecule has 2 rings (SSSR count). The number of hydrogen-bond donors (Lipinski definition) is 2. The molecular formula is C14H27ClN2O2. The Morgan fingerprint density at radius 1 is 1.26 bits per heavy atom. The van der Waals surface area contributed by atoms with Crippen molar-refractivity contribution in [3.63, 3.8) is 0 Å². The molecule has 0 aromatic rings. The van der Waals surface area contributed by atoms with Gasteiger partial charge < -0.3 is 15.8 Å². The molecule has 1 amide bonds. The summed E-state index contributed by atoms with van der Waals surface area (Å²) in [6.07, 6.45) is 7.68. The summed E-state index contributed by atoms with van der Waals surface area (Å²) in [5, 5.41) is 3.15. The van der Waals surface area contributed by atoms with Gasteiger partial charge in [0.25, 0.3) is 0 Å². The van der Waals surface area contributed by atoms with E-state index < -0.39 is 0 Å². The van der Waals surface area contributed by atoms with Gasteiger partial charge in [0.05, 0.1) is 5.41 Å². The van der Waals surface area contributed by atoms with E-state index in [0.717, 1.165) is 45.3 Å². The second kappa shape index (κ2) is 6.91. The lowest BCUT2D eigenvalue weighted by atomic mass is 9.85. The van der Waals surface area contributed by atoms with Crippen LogP contribution in [0.3, 0.4) is 0 Å². The van der Waals surface area contributed by atoms with E-state index in [0.29, 0.717) is 12.0 Å². The maximum absolute atomic E-state index is 12.3. The Morgan fingerprint density at radius 3 is 2.37 bits per heavy atom. The number of methoxy groups -OCH3 is 1. The number of carbonyl (C=O) groups is 1. The van der Waals surface area contributed by atoms with Crippen molar-refractivity contribution in [3.8, 4) is 0 Å². The van der Waals surface area contributed by atoms with Crippen LogP contribution in [0.2, 0.25) is 0 Å². The van der Waals surface area contributed by atoms with Crippen molar-refractivity contribution in [1.82, 2.24) is 5.32 Å². The second-order valence-corrected chi connectivity index (χ2v) is 6.12. The lowest BCUT2D eigenvalue weighted by Crippen LogP contribution is -2.45. The molecule has 0 heterocycles. The van der Waals surface area contributed by atoms with E-state index in [4.69, 9.17) is 10.5 Å². The average molecular weight is 291 g/mol. The highest BCUT2D eigenvalue weighted by Crippen LogP contribution is 2.48. The molecule has 2 aliphatic carbocycles. The van der Waals surface area contributed by atoms with Crippen molar-refractivity contribution in [1.29, 1.82) is 0 Å². The minimum atomic E-state index is -0.267. The second-order valence-electron chi connectivity index (χ2n) is 6.12. The molecule has 0 aliphatic heterocycles. The van der Waals surface area contributed by atoms with Crippen molar-refractivity contribution in [2.45, 2.75) is 44.9 Å². The van der Waals surface area contributed by atoms with Crippen LogP contribution >= 0.6 is 12.4 Å². The molecule has 0 aromatic heterocycles. The molecule has 0 unspecified atom stereocenters. The van der Waals surface area contributed by atoms with Gasteiger partial charge in [-0.25, -0.2) is 0 Å². The van der Waals surface area contributed by atoms with Gasteiger partial charge in [0.15, 0.2) is 0 Å². The highest BCUT2D eigenvalue weighted by Gasteiger charge is 2.45. The summed E-state index contributed by atoms with van der Waals surface area (Å²) in [7, 11) is 1.73. The Labute approximate surface area is 122 Å². The van der Waals surface area contributed by atoms with Gasteiger partial charge in [0, 0.05) is 26.8 Å². The van der Waals surface area contributed by atoms with Crippen LogP contribution in [0.15, 0.2) is 0 Å². The van der Waals surface area contributed by atoms with Crippen LogP contribution in [0.25, 0.3) is 0 Å². The van der Waals surface area contributed by atoms with Crippen LogP contribution in [0.1, 0.15) is 44.9 Å². The molecule has 5 heteroatoms. The number of halogens is 1. The van der Waals surface area contributed by atoms with Crippen molar-refractivity contribution in [2.75, 3.05) is 26.8 Å². The molecule has 0 bridgehead atoms. The zero-order valence-electron chi connectivity index (χ0n) is 11.9. The van der Waals surface area contributed by atoms with E-state index in [1.807, 2.05) is 0 Å². The monoisotopic (exact) mass is 290 g/mol. The lowest BCUT2D eigenvalue weighted by Gasteiger charge is -2.27. The molecule has 19 heavy (non-hydrogen) atoms. The number of hydrogen-bond acceptors (Lipinski definition) is 3. The van der Waals surface area contributed by atoms with E-state index in [9.17, 15) is 4.79 Å². The predicted molar refractivity (Wildman–Crippen MR) is 78.4 cm³/mol. The number of carbonyl (C=O) groups excluding carboxylic acids is 1. The fraction of sp³-hybridized carbons (Fsp3) is 0.929. The minimum Gasteiger partial charge on any atom is -0.385 e. The molecule has 4 nitrogen and oxygen atoms in total. The molecule has 2 fully saturated rings. The van der Waals surface area contributed by atoms with E-state index in [1.165, 1.54) is 12.8 Å². The molecule has 3 N–H and O–H groups in total. The average Bonchev–Trinajstić information content (AvgIpc) is 2.99. The summed E-state index contributed by atoms with van der Waals surface area (Å²) >= 11 is 0. The van der Waals surface area contributed by atoms with Gasteiger partial charge in [-0.15, -0.1) is 12.4 Å². The van der Waals surface area contributed by atoms with Crippen LogP contribution in [-0.2, 0) is 9.53 Å². The number of nitrogens with two attached hydrogens (primary N) is 1. The van der Waals surface area contributed by atoms with Gasteiger partial charge >= 0.3 is 0 Å². The summed E-state index contributed by atoms with van der Waals surface area (Å²) in [5.41, 5.74) is 5.88. The third-order valence-electron chi connectivity index (χ3n) is 4.85. The largest absolute Gasteiger partial charge is 0.385 e. The van der Waals surface area contributed by atoms with Crippen molar-refractivity contribution in [2.24, 2.45) is 16.6 Å². The summed E-state index contributed by atoms with van der Waals surface area (Å²) in [4.78, 5) is 12.3. The maximum Gasteiger partial charge on any atom is 0.227 e. The zero-order chi connectivity index (χ0) is 13.1. The van der Waals surface area contributed by atoms with Gasteiger partial charge in [0.1, 0.15) is 0 Å². The third kappa shape index (κ3) is 3.83. The first-order chi connectivity index (χ1) is 8.66. The Morgan fingerprint density at radius 2 is 1.89 bits per heavy atom. The Balaban J connectivity index is 0.00000180. The first-order valence-electron chi connectivity index (χ1n) is 7.14. The zero-order valence-corrected chi connectivity index (χ0v) is 12.7. The maximum atomic E-state index is 12.3. The van der Waals surface area contributed by atoms with E-state index in [-0.39, 0.29) is 23.7 Å². The molecule has 0 saturated heterocycles. The predicted octanol–water partition coefficient (Wildman–Crippen LogP) is 1.86. The summed E-state index contributed by atoms with van der Waals surface area (Å²) in [5.74, 6) is 0.186. The minimum absolute atomic E-state index is 0. The third-order valence-corrected chi connectivity index (χ3v) is 4.85. The molecule has 0 aromatic carbocycles. The molecular weight excluding hydrogens is 264 g/mol. The van der Waals surface area contributed by atoms with Crippen LogP contribution < -0.4 is 11.1 Å². The van der Waals surface area contributed by atoms with Gasteiger partial charge in [0.2, 0.25) is 5.91 Å². The van der Waals surface area contributed by atoms with Crippen LogP contribution in [0.5, 0.6) is 0 Å². The molecule has 0 radical (unpaired) electrons. The van der Waals surface area contributed by atoms with Gasteiger partial charge in [-0.3, -0.25) is 4.79 Å². The highest BCUT2D eigenvalue weighted by atomic mass is 35.5. The first kappa shape index (κ1) is 16.7. The van der Waals surface area contributed by atoms with Gasteiger partial charge in [-0.1, -0.05) is 12.8 Å². The smallest absolute Gasteiger partial charge is 0.227 e. The Kier molecular flexibility index (Phi) is 6.09. The van der Waals surface area contributed by atoms with Crippen LogP contribution in [-0.4, -0.2) is 32.7 Å². The van der Waals surface area contributed by atoms with Crippen molar-refractivity contribution >= 4 is 18.3 Å². The summed E-state index contributed by atoms with van der Waals surface area (Å²) in [6, 6.07) is 0. The number of rotatable bonds is 7. The standard InChI is InChI=1S/C14H26N2O2.ClH/c1-18-9-8-13(6-7-13)11-16-12(17)14(10-15)4-2-3-5-14;/h2-11,15H2,1H3,(H,16,17);1H. The van der Waals surface area contributed by atoms with Crippen molar-refractivity contribution < 1.29 is 9.53 Å². The Hall–Kier alpha value is -0.320. The van der Waals surface area contributed by atoms with Crippen LogP contribution in [0.4, 0.5) is 0 Å². The quantitative estimate of drug-likeness (QED) is 0.752. The first-order valence-corrected chi connectivity index (χ1v) is 7.14. The summed E-state index contributed by atoms with van der Waals surface area (Å²) in [6.45, 7) is 2.08. The topological polar surface area (TPSA) is 64.3 Å². The van der Waals surface area contributed by atoms with Gasteiger partial charge in [-0.05, 0) is 37.5 Å². The normalized spacial score (nSPS) is 22.6. The van der Waals surface area contributed by atoms with E-state index in [2.05, 4.69) is 5.32 Å². The number of ether oxygens (including phenoxy) is 1. The highest BCUT2D eigenvalue weighted by molar-refractivity contribution is 5.85. The van der Waals surface area contributed by atoms with Crippen LogP contribution in [0, 0.1) is 10.8 Å². The fourth-order valence-corrected chi connectivity index (χ4v) is 3.04.